The van der Waals surface area contributed by atoms with Gasteiger partial charge < -0.3 is 11.1 Å². The standard InChI is InChI=1S/C13H23N3OS.2ClH/c1-9(6-14)7-15-11(17)5-10-8-18-12(16-10)13(2,3)4;;/h8-9H,5-7,14H2,1-4H3,(H,15,17);2*1H. The van der Waals surface area contributed by atoms with Crippen LogP contribution in [0.1, 0.15) is 38.4 Å². The number of rotatable bonds is 5. The summed E-state index contributed by atoms with van der Waals surface area (Å²) in [5.74, 6) is 0.329. The van der Waals surface area contributed by atoms with E-state index in [4.69, 9.17) is 5.73 Å². The van der Waals surface area contributed by atoms with Crippen molar-refractivity contribution in [3.05, 3.63) is 16.1 Å². The first kappa shape index (κ1) is 21.9. The molecule has 7 heteroatoms. The second-order valence-corrected chi connectivity index (χ2v) is 6.57. The van der Waals surface area contributed by atoms with E-state index in [1.807, 2.05) is 12.3 Å². The Bertz CT molecular complexity index is 405. The number of hydrogen-bond donors (Lipinski definition) is 2. The minimum Gasteiger partial charge on any atom is -0.355 e. The van der Waals surface area contributed by atoms with Crippen molar-refractivity contribution in [2.45, 2.75) is 39.5 Å². The van der Waals surface area contributed by atoms with Crippen LogP contribution in [-0.4, -0.2) is 24.0 Å². The molecule has 1 aromatic heterocycles. The lowest BCUT2D eigenvalue weighted by Gasteiger charge is -2.13. The van der Waals surface area contributed by atoms with Gasteiger partial charge in [-0.05, 0) is 12.5 Å². The van der Waals surface area contributed by atoms with Crippen molar-refractivity contribution < 1.29 is 4.79 Å². The van der Waals surface area contributed by atoms with E-state index in [0.717, 1.165) is 10.7 Å². The molecule has 0 saturated heterocycles. The predicted molar refractivity (Wildman–Crippen MR) is 90.2 cm³/mol. The Kier molecular flexibility index (Phi) is 10.5. The molecule has 0 aromatic carbocycles. The summed E-state index contributed by atoms with van der Waals surface area (Å²) < 4.78 is 0. The number of nitrogens with zero attached hydrogens (tertiary/aromatic N) is 1. The normalized spacial score (nSPS) is 12.1. The molecule has 0 radical (unpaired) electrons. The molecular formula is C13H25Cl2N3OS. The van der Waals surface area contributed by atoms with Crippen molar-refractivity contribution in [1.29, 1.82) is 0 Å². The third kappa shape index (κ3) is 7.43. The number of thiazole rings is 1. The van der Waals surface area contributed by atoms with Crippen LogP contribution in [0.3, 0.4) is 0 Å². The molecule has 3 N–H and O–H groups in total. The van der Waals surface area contributed by atoms with Gasteiger partial charge in [-0.3, -0.25) is 4.79 Å². The van der Waals surface area contributed by atoms with Crippen LogP contribution in [0.2, 0.25) is 0 Å². The first-order chi connectivity index (χ1) is 8.32. The van der Waals surface area contributed by atoms with Crippen molar-refractivity contribution in [1.82, 2.24) is 10.3 Å². The van der Waals surface area contributed by atoms with Gasteiger partial charge in [0.25, 0.3) is 0 Å². The molecule has 1 rings (SSSR count). The molecular weight excluding hydrogens is 317 g/mol. The van der Waals surface area contributed by atoms with Gasteiger partial charge in [-0.1, -0.05) is 27.7 Å². The van der Waals surface area contributed by atoms with Gasteiger partial charge in [-0.25, -0.2) is 4.98 Å². The van der Waals surface area contributed by atoms with E-state index in [1.54, 1.807) is 11.3 Å². The highest BCUT2D eigenvalue weighted by Crippen LogP contribution is 2.25. The fourth-order valence-electron chi connectivity index (χ4n) is 1.33. The molecule has 0 aliphatic rings. The second kappa shape index (κ2) is 9.55. The largest absolute Gasteiger partial charge is 0.355 e. The van der Waals surface area contributed by atoms with E-state index < -0.39 is 0 Å². The van der Waals surface area contributed by atoms with Crippen LogP contribution >= 0.6 is 36.2 Å². The number of hydrogen-bond acceptors (Lipinski definition) is 4. The molecule has 1 atom stereocenters. The number of nitrogens with two attached hydrogens (primary N) is 1. The molecule has 1 amide bonds. The Labute approximate surface area is 137 Å². The van der Waals surface area contributed by atoms with Crippen molar-refractivity contribution >= 4 is 42.1 Å². The summed E-state index contributed by atoms with van der Waals surface area (Å²) in [5.41, 5.74) is 6.40. The quantitative estimate of drug-likeness (QED) is 0.864. The summed E-state index contributed by atoms with van der Waals surface area (Å²) in [4.78, 5) is 16.2. The highest BCUT2D eigenvalue weighted by molar-refractivity contribution is 7.09. The van der Waals surface area contributed by atoms with Crippen LogP contribution in [0.4, 0.5) is 0 Å². The van der Waals surface area contributed by atoms with E-state index in [-0.39, 0.29) is 36.1 Å². The van der Waals surface area contributed by atoms with E-state index in [9.17, 15) is 4.79 Å². The molecule has 0 bridgehead atoms. The fourth-order valence-corrected chi connectivity index (χ4v) is 2.24. The highest BCUT2D eigenvalue weighted by Gasteiger charge is 2.18. The summed E-state index contributed by atoms with van der Waals surface area (Å²) in [7, 11) is 0. The minimum absolute atomic E-state index is 0. The number of carbonyl (C=O) groups is 1. The first-order valence-corrected chi connectivity index (χ1v) is 7.12. The van der Waals surface area contributed by atoms with Gasteiger partial charge in [0.05, 0.1) is 17.1 Å². The van der Waals surface area contributed by atoms with Gasteiger partial charge in [0.15, 0.2) is 0 Å². The van der Waals surface area contributed by atoms with Crippen molar-refractivity contribution in [3.63, 3.8) is 0 Å². The van der Waals surface area contributed by atoms with Gasteiger partial charge in [-0.15, -0.1) is 36.2 Å². The van der Waals surface area contributed by atoms with Crippen molar-refractivity contribution in [2.24, 2.45) is 11.7 Å². The predicted octanol–water partition coefficient (Wildman–Crippen LogP) is 2.54. The Morgan fingerprint density at radius 3 is 2.50 bits per heavy atom. The lowest BCUT2D eigenvalue weighted by molar-refractivity contribution is -0.120. The Morgan fingerprint density at radius 2 is 2.05 bits per heavy atom. The van der Waals surface area contributed by atoms with E-state index in [2.05, 4.69) is 31.1 Å². The molecule has 1 aromatic rings. The fraction of sp³-hybridized carbons (Fsp3) is 0.692. The average Bonchev–Trinajstić information content (AvgIpc) is 2.74. The van der Waals surface area contributed by atoms with Gasteiger partial charge in [-0.2, -0.15) is 0 Å². The van der Waals surface area contributed by atoms with Gasteiger partial charge in [0.2, 0.25) is 5.91 Å². The summed E-state index contributed by atoms with van der Waals surface area (Å²) in [6.45, 7) is 9.60. The van der Waals surface area contributed by atoms with Crippen molar-refractivity contribution in [3.8, 4) is 0 Å². The zero-order valence-electron chi connectivity index (χ0n) is 12.4. The summed E-state index contributed by atoms with van der Waals surface area (Å²) in [5, 5.41) is 5.91. The molecule has 1 heterocycles. The molecule has 118 valence electrons. The van der Waals surface area contributed by atoms with Crippen LogP contribution in [0.25, 0.3) is 0 Å². The zero-order valence-corrected chi connectivity index (χ0v) is 14.9. The van der Waals surface area contributed by atoms with E-state index in [0.29, 0.717) is 25.4 Å². The Balaban J connectivity index is 0. The van der Waals surface area contributed by atoms with Crippen LogP contribution in [0.15, 0.2) is 5.38 Å². The number of carbonyl (C=O) groups excluding carboxylic acids is 1. The summed E-state index contributed by atoms with van der Waals surface area (Å²) >= 11 is 1.62. The highest BCUT2D eigenvalue weighted by atomic mass is 35.5. The van der Waals surface area contributed by atoms with Crippen LogP contribution in [-0.2, 0) is 16.6 Å². The summed E-state index contributed by atoms with van der Waals surface area (Å²) in [6.07, 6.45) is 0.351. The third-order valence-electron chi connectivity index (χ3n) is 2.59. The average molecular weight is 342 g/mol. The molecule has 4 nitrogen and oxygen atoms in total. The van der Waals surface area contributed by atoms with Crippen LogP contribution < -0.4 is 11.1 Å². The van der Waals surface area contributed by atoms with Gasteiger partial charge in [0, 0.05) is 17.3 Å². The maximum Gasteiger partial charge on any atom is 0.226 e. The van der Waals surface area contributed by atoms with Crippen molar-refractivity contribution in [2.75, 3.05) is 13.1 Å². The summed E-state index contributed by atoms with van der Waals surface area (Å²) in [6, 6.07) is 0. The molecule has 0 aliphatic carbocycles. The third-order valence-corrected chi connectivity index (χ3v) is 3.90. The number of amides is 1. The molecule has 1 unspecified atom stereocenters. The van der Waals surface area contributed by atoms with E-state index in [1.165, 1.54) is 0 Å². The second-order valence-electron chi connectivity index (χ2n) is 5.72. The number of aromatic nitrogens is 1. The smallest absolute Gasteiger partial charge is 0.226 e. The maximum atomic E-state index is 11.7. The van der Waals surface area contributed by atoms with E-state index >= 15 is 0 Å². The van der Waals surface area contributed by atoms with Crippen LogP contribution in [0.5, 0.6) is 0 Å². The molecule has 0 saturated carbocycles. The van der Waals surface area contributed by atoms with Gasteiger partial charge >= 0.3 is 0 Å². The first-order valence-electron chi connectivity index (χ1n) is 6.24. The number of halogens is 2. The lowest BCUT2D eigenvalue weighted by Crippen LogP contribution is -2.32. The molecule has 0 spiro atoms. The number of nitrogens with one attached hydrogen (secondary N) is 1. The molecule has 0 fully saturated rings. The molecule has 20 heavy (non-hydrogen) atoms. The van der Waals surface area contributed by atoms with Gasteiger partial charge in [0.1, 0.15) is 0 Å². The minimum atomic E-state index is 0. The maximum absolute atomic E-state index is 11.7. The molecule has 0 aliphatic heterocycles. The zero-order chi connectivity index (χ0) is 13.8. The SMILES string of the molecule is CC(CN)CNC(=O)Cc1csc(C(C)(C)C)n1.Cl.Cl. The Morgan fingerprint density at radius 1 is 1.45 bits per heavy atom. The Hall–Kier alpha value is -0.360. The topological polar surface area (TPSA) is 68.0 Å². The van der Waals surface area contributed by atoms with Crippen LogP contribution in [0, 0.1) is 5.92 Å². The lowest BCUT2D eigenvalue weighted by atomic mass is 9.98. The monoisotopic (exact) mass is 341 g/mol.